The fraction of sp³-hybridized carbons (Fsp3) is 0.400. The van der Waals surface area contributed by atoms with Crippen LogP contribution in [0.15, 0.2) is 30.3 Å². The molecule has 1 saturated carbocycles. The highest BCUT2D eigenvalue weighted by molar-refractivity contribution is 5.91. The lowest BCUT2D eigenvalue weighted by Crippen LogP contribution is -2.26. The van der Waals surface area contributed by atoms with E-state index in [9.17, 15) is 9.90 Å². The van der Waals surface area contributed by atoms with E-state index in [0.717, 1.165) is 24.8 Å². The Hall–Kier alpha value is -1.81. The lowest BCUT2D eigenvalue weighted by molar-refractivity contribution is -0.116. The summed E-state index contributed by atoms with van der Waals surface area (Å²) in [6.07, 6.45) is 5.73. The Morgan fingerprint density at radius 1 is 1.37 bits per heavy atom. The van der Waals surface area contributed by atoms with E-state index in [-0.39, 0.29) is 12.0 Å². The first-order valence-electron chi connectivity index (χ1n) is 6.63. The molecule has 1 aliphatic carbocycles. The molecule has 4 nitrogen and oxygen atoms in total. The van der Waals surface area contributed by atoms with Crippen molar-refractivity contribution in [3.8, 4) is 0 Å². The maximum atomic E-state index is 11.6. The molecule has 1 aliphatic rings. The number of aliphatic hydroxyl groups excluding tert-OH is 1. The van der Waals surface area contributed by atoms with Crippen molar-refractivity contribution in [1.29, 1.82) is 0 Å². The molecule has 1 aromatic rings. The van der Waals surface area contributed by atoms with Crippen molar-refractivity contribution in [2.75, 3.05) is 12.3 Å². The minimum atomic E-state index is -0.188. The fourth-order valence-corrected chi connectivity index (χ4v) is 2.32. The highest BCUT2D eigenvalue weighted by Gasteiger charge is 2.22. The second-order valence-electron chi connectivity index (χ2n) is 5.08. The average molecular weight is 260 g/mol. The zero-order valence-corrected chi connectivity index (χ0v) is 10.9. The van der Waals surface area contributed by atoms with Crippen LogP contribution in [0.4, 0.5) is 5.69 Å². The van der Waals surface area contributed by atoms with Gasteiger partial charge in [-0.05, 0) is 49.0 Å². The number of hydrogen-bond donors (Lipinski definition) is 3. The van der Waals surface area contributed by atoms with Crippen LogP contribution >= 0.6 is 0 Å². The quantitative estimate of drug-likeness (QED) is 0.568. The number of carbonyl (C=O) groups excluding carboxylic acids is 1. The van der Waals surface area contributed by atoms with Crippen molar-refractivity contribution in [2.45, 2.75) is 25.4 Å². The van der Waals surface area contributed by atoms with E-state index in [4.69, 9.17) is 5.73 Å². The van der Waals surface area contributed by atoms with E-state index in [2.05, 4.69) is 5.32 Å². The van der Waals surface area contributed by atoms with Crippen molar-refractivity contribution in [3.05, 3.63) is 35.9 Å². The first kappa shape index (κ1) is 13.6. The number of carbonyl (C=O) groups is 1. The van der Waals surface area contributed by atoms with Crippen LogP contribution in [-0.4, -0.2) is 23.7 Å². The third kappa shape index (κ3) is 4.41. The van der Waals surface area contributed by atoms with Gasteiger partial charge < -0.3 is 16.2 Å². The molecule has 0 spiro atoms. The molecule has 0 radical (unpaired) electrons. The first-order valence-corrected chi connectivity index (χ1v) is 6.63. The molecule has 1 aromatic carbocycles. The van der Waals surface area contributed by atoms with Crippen molar-refractivity contribution in [1.82, 2.24) is 5.32 Å². The van der Waals surface area contributed by atoms with Gasteiger partial charge in [-0.2, -0.15) is 0 Å². The number of nitrogens with one attached hydrogen (secondary N) is 1. The molecule has 1 fully saturated rings. The van der Waals surface area contributed by atoms with Gasteiger partial charge >= 0.3 is 0 Å². The largest absolute Gasteiger partial charge is 0.399 e. The van der Waals surface area contributed by atoms with Crippen LogP contribution in [0.1, 0.15) is 24.8 Å². The molecular formula is C15H20N2O2. The fourth-order valence-electron chi connectivity index (χ4n) is 2.32. The van der Waals surface area contributed by atoms with Gasteiger partial charge in [0.15, 0.2) is 0 Å². The third-order valence-electron chi connectivity index (χ3n) is 3.44. The highest BCUT2D eigenvalue weighted by Crippen LogP contribution is 2.24. The molecule has 4 N–H and O–H groups in total. The number of rotatable bonds is 4. The Kier molecular flexibility index (Phi) is 4.58. The number of aliphatic hydroxyl groups is 1. The lowest BCUT2D eigenvalue weighted by Gasteiger charge is -2.09. The van der Waals surface area contributed by atoms with Gasteiger partial charge in [-0.15, -0.1) is 0 Å². The SMILES string of the molecule is Nc1ccc(/C=C/C(=O)NCC2CCC(O)C2)cc1. The second kappa shape index (κ2) is 6.38. The number of hydrogen-bond acceptors (Lipinski definition) is 3. The van der Waals surface area contributed by atoms with Gasteiger partial charge in [-0.1, -0.05) is 12.1 Å². The number of amides is 1. The van der Waals surface area contributed by atoms with Crippen molar-refractivity contribution in [3.63, 3.8) is 0 Å². The number of nitrogens with two attached hydrogens (primary N) is 1. The molecule has 0 saturated heterocycles. The summed E-state index contributed by atoms with van der Waals surface area (Å²) < 4.78 is 0. The summed E-state index contributed by atoms with van der Waals surface area (Å²) in [6, 6.07) is 7.34. The lowest BCUT2D eigenvalue weighted by atomic mass is 10.1. The minimum Gasteiger partial charge on any atom is -0.399 e. The number of nitrogen functional groups attached to an aromatic ring is 1. The predicted octanol–water partition coefficient (Wildman–Crippen LogP) is 1.56. The Bertz CT molecular complexity index is 454. The summed E-state index contributed by atoms with van der Waals surface area (Å²) in [6.45, 7) is 0.641. The minimum absolute atomic E-state index is 0.0989. The van der Waals surface area contributed by atoms with Crippen LogP contribution in [0.5, 0.6) is 0 Å². The zero-order chi connectivity index (χ0) is 13.7. The monoisotopic (exact) mass is 260 g/mol. The van der Waals surface area contributed by atoms with Gasteiger partial charge in [0.05, 0.1) is 6.10 Å². The Labute approximate surface area is 113 Å². The van der Waals surface area contributed by atoms with Crippen molar-refractivity contribution < 1.29 is 9.90 Å². The van der Waals surface area contributed by atoms with Gasteiger partial charge in [-0.25, -0.2) is 0 Å². The molecule has 2 atom stereocenters. The van der Waals surface area contributed by atoms with Gasteiger partial charge in [0.2, 0.25) is 5.91 Å². The molecule has 0 aromatic heterocycles. The van der Waals surface area contributed by atoms with Crippen LogP contribution in [0.2, 0.25) is 0 Å². The molecule has 102 valence electrons. The second-order valence-corrected chi connectivity index (χ2v) is 5.08. The van der Waals surface area contributed by atoms with Crippen molar-refractivity contribution >= 4 is 17.7 Å². The summed E-state index contributed by atoms with van der Waals surface area (Å²) in [7, 11) is 0. The first-order chi connectivity index (χ1) is 9.13. The van der Waals surface area contributed by atoms with E-state index in [1.165, 1.54) is 6.08 Å². The maximum absolute atomic E-state index is 11.6. The van der Waals surface area contributed by atoms with E-state index in [0.29, 0.717) is 18.2 Å². The summed E-state index contributed by atoms with van der Waals surface area (Å²) in [5.74, 6) is 0.307. The standard InChI is InChI=1S/C15H20N2O2/c16-13-5-1-11(2-6-13)4-8-15(19)17-10-12-3-7-14(18)9-12/h1-2,4-6,8,12,14,18H,3,7,9-10,16H2,(H,17,19)/b8-4+. The molecule has 2 unspecified atom stereocenters. The average Bonchev–Trinajstić information content (AvgIpc) is 2.81. The summed E-state index contributed by atoms with van der Waals surface area (Å²) in [5, 5.41) is 12.3. The number of benzene rings is 1. The third-order valence-corrected chi connectivity index (χ3v) is 3.44. The van der Waals surface area contributed by atoms with Crippen LogP contribution in [0.3, 0.4) is 0 Å². The maximum Gasteiger partial charge on any atom is 0.244 e. The van der Waals surface area contributed by atoms with Crippen LogP contribution in [0.25, 0.3) is 6.08 Å². The van der Waals surface area contributed by atoms with Gasteiger partial charge in [0.25, 0.3) is 0 Å². The van der Waals surface area contributed by atoms with Crippen LogP contribution in [-0.2, 0) is 4.79 Å². The molecule has 1 amide bonds. The van der Waals surface area contributed by atoms with E-state index >= 15 is 0 Å². The summed E-state index contributed by atoms with van der Waals surface area (Å²) >= 11 is 0. The molecule has 4 heteroatoms. The zero-order valence-electron chi connectivity index (χ0n) is 10.9. The molecule has 19 heavy (non-hydrogen) atoms. The van der Waals surface area contributed by atoms with E-state index in [1.54, 1.807) is 18.2 Å². The van der Waals surface area contributed by atoms with E-state index < -0.39 is 0 Å². The molecule has 0 heterocycles. The molecule has 2 rings (SSSR count). The Balaban J connectivity index is 1.76. The smallest absolute Gasteiger partial charge is 0.244 e. The summed E-state index contributed by atoms with van der Waals surface area (Å²) in [4.78, 5) is 11.6. The molecule has 0 aliphatic heterocycles. The van der Waals surface area contributed by atoms with Crippen LogP contribution < -0.4 is 11.1 Å². The predicted molar refractivity (Wildman–Crippen MR) is 76.2 cm³/mol. The Morgan fingerprint density at radius 3 is 2.74 bits per heavy atom. The van der Waals surface area contributed by atoms with Gasteiger partial charge in [-0.3, -0.25) is 4.79 Å². The highest BCUT2D eigenvalue weighted by atomic mass is 16.3. The van der Waals surface area contributed by atoms with Gasteiger partial charge in [0.1, 0.15) is 0 Å². The number of anilines is 1. The van der Waals surface area contributed by atoms with Gasteiger partial charge in [0, 0.05) is 18.3 Å². The normalized spacial score (nSPS) is 22.8. The molecular weight excluding hydrogens is 240 g/mol. The molecule has 0 bridgehead atoms. The van der Waals surface area contributed by atoms with E-state index in [1.807, 2.05) is 12.1 Å². The van der Waals surface area contributed by atoms with Crippen molar-refractivity contribution in [2.24, 2.45) is 5.92 Å². The topological polar surface area (TPSA) is 75.4 Å². The Morgan fingerprint density at radius 2 is 2.11 bits per heavy atom. The summed E-state index contributed by atoms with van der Waals surface area (Å²) in [5.41, 5.74) is 7.24. The van der Waals surface area contributed by atoms with Crippen LogP contribution in [0, 0.1) is 5.92 Å².